The summed E-state index contributed by atoms with van der Waals surface area (Å²) in [6.45, 7) is 10.9. The maximum Gasteiger partial charge on any atom is 0.331 e. The summed E-state index contributed by atoms with van der Waals surface area (Å²) in [4.78, 5) is 51.3. The molecule has 222 valence electrons. The molecule has 41 heavy (non-hydrogen) atoms. The van der Waals surface area contributed by atoms with Crippen molar-refractivity contribution in [2.45, 2.75) is 90.8 Å². The van der Waals surface area contributed by atoms with Crippen LogP contribution in [0.4, 0.5) is 0 Å². The number of fused-ring (bicyclic) bond motifs is 2. The predicted molar refractivity (Wildman–Crippen MR) is 141 cm³/mol. The lowest BCUT2D eigenvalue weighted by Gasteiger charge is -2.65. The number of ether oxygens (including phenoxy) is 5. The van der Waals surface area contributed by atoms with E-state index in [0.717, 1.165) is 5.56 Å². The van der Waals surface area contributed by atoms with Crippen LogP contribution in [0.2, 0.25) is 0 Å². The first kappa shape index (κ1) is 28.0. The summed E-state index contributed by atoms with van der Waals surface area (Å²) >= 11 is 0. The summed E-state index contributed by atoms with van der Waals surface area (Å²) in [6, 6.07) is 1.79. The Labute approximate surface area is 239 Å². The minimum atomic E-state index is -1.19. The van der Waals surface area contributed by atoms with Gasteiger partial charge in [0, 0.05) is 54.1 Å². The molecule has 2 aliphatic carbocycles. The molecular formula is C31H38O10. The van der Waals surface area contributed by atoms with Gasteiger partial charge < -0.3 is 28.1 Å². The van der Waals surface area contributed by atoms with Gasteiger partial charge in [0.25, 0.3) is 0 Å². The maximum absolute atomic E-state index is 13.2. The van der Waals surface area contributed by atoms with Gasteiger partial charge in [-0.2, -0.15) is 0 Å². The molecule has 3 unspecified atom stereocenters. The van der Waals surface area contributed by atoms with Gasteiger partial charge in [-0.25, -0.2) is 4.79 Å². The molecule has 0 radical (unpaired) electrons. The predicted octanol–water partition coefficient (Wildman–Crippen LogP) is 4.08. The second-order valence-electron chi connectivity index (χ2n) is 13.4. The monoisotopic (exact) mass is 570 g/mol. The van der Waals surface area contributed by atoms with Crippen LogP contribution >= 0.6 is 0 Å². The van der Waals surface area contributed by atoms with Crippen molar-refractivity contribution in [2.24, 2.45) is 34.0 Å². The lowest BCUT2D eigenvalue weighted by atomic mass is 9.38. The smallest absolute Gasteiger partial charge is 0.331 e. The highest BCUT2D eigenvalue weighted by Crippen LogP contribution is 2.78. The molecule has 0 N–H and O–H groups in total. The molecule has 1 aromatic heterocycles. The van der Waals surface area contributed by atoms with E-state index in [0.29, 0.717) is 18.4 Å². The molecule has 10 nitrogen and oxygen atoms in total. The Balaban J connectivity index is 1.59. The van der Waals surface area contributed by atoms with Crippen molar-refractivity contribution >= 4 is 23.9 Å². The summed E-state index contributed by atoms with van der Waals surface area (Å²) in [7, 11) is 1.36. The minimum Gasteiger partial charge on any atom is -0.472 e. The minimum absolute atomic E-state index is 0.102. The van der Waals surface area contributed by atoms with Crippen LogP contribution in [-0.4, -0.2) is 54.9 Å². The highest BCUT2D eigenvalue weighted by molar-refractivity contribution is 5.85. The largest absolute Gasteiger partial charge is 0.472 e. The van der Waals surface area contributed by atoms with Gasteiger partial charge in [-0.3, -0.25) is 14.4 Å². The van der Waals surface area contributed by atoms with E-state index in [-0.39, 0.29) is 24.2 Å². The first-order chi connectivity index (χ1) is 19.2. The number of carbonyl (C=O) groups is 4. The topological polar surface area (TPSA) is 128 Å². The number of furan rings is 1. The number of cyclic esters (lactones) is 1. The highest BCUT2D eigenvalue weighted by Gasteiger charge is 2.84. The molecule has 3 aliphatic heterocycles. The van der Waals surface area contributed by atoms with Crippen molar-refractivity contribution in [3.8, 4) is 0 Å². The number of rotatable bonds is 5. The zero-order valence-corrected chi connectivity index (χ0v) is 24.6. The summed E-state index contributed by atoms with van der Waals surface area (Å²) in [5.74, 6) is -2.88. The molecule has 2 bridgehead atoms. The summed E-state index contributed by atoms with van der Waals surface area (Å²) < 4.78 is 35.8. The standard InChI is InChI=1S/C31H38O10/c1-15(32)38-25-23-26-30(6,19(28(25,3)4)12-21(34)36-7)18-8-10-29(5)20(31(18,41-26)27(23)39-16(2)33)13-22(35)40-24(29)17-9-11-37-14-17/h9,11,13-14,18-19,23-27H,8,10,12H2,1-7H3/t18?,19?,23-,24-,25?,26-,27+,29+,30+,31-/m0/s1. The number of carbonyl (C=O) groups excluding carboxylic acids is 4. The molecule has 0 aromatic carbocycles. The third-order valence-corrected chi connectivity index (χ3v) is 11.2. The Kier molecular flexibility index (Phi) is 6.10. The van der Waals surface area contributed by atoms with Crippen molar-refractivity contribution in [2.75, 3.05) is 7.11 Å². The average Bonchev–Trinajstić information content (AvgIpc) is 3.59. The van der Waals surface area contributed by atoms with Crippen LogP contribution in [-0.2, 0) is 42.9 Å². The third kappa shape index (κ3) is 3.52. The van der Waals surface area contributed by atoms with Crippen LogP contribution < -0.4 is 0 Å². The molecule has 10 atom stereocenters. The number of methoxy groups -OCH3 is 1. The molecular weight excluding hydrogens is 532 g/mol. The summed E-state index contributed by atoms with van der Waals surface area (Å²) in [5, 5.41) is 0. The molecule has 0 amide bonds. The first-order valence-corrected chi connectivity index (χ1v) is 14.3. The number of hydrogen-bond acceptors (Lipinski definition) is 10. The van der Waals surface area contributed by atoms with Crippen LogP contribution in [0, 0.1) is 34.0 Å². The van der Waals surface area contributed by atoms with Gasteiger partial charge in [0.15, 0.2) is 0 Å². The Morgan fingerprint density at radius 1 is 1.05 bits per heavy atom. The van der Waals surface area contributed by atoms with E-state index < -0.39 is 70.1 Å². The summed E-state index contributed by atoms with van der Waals surface area (Å²) in [6.07, 6.45) is 3.36. The molecule has 10 heteroatoms. The van der Waals surface area contributed by atoms with Crippen molar-refractivity contribution in [1.29, 1.82) is 0 Å². The Hall–Kier alpha value is -3.14. The fourth-order valence-corrected chi connectivity index (χ4v) is 9.79. The van der Waals surface area contributed by atoms with Gasteiger partial charge in [-0.1, -0.05) is 27.7 Å². The van der Waals surface area contributed by atoms with E-state index in [1.54, 1.807) is 18.6 Å². The zero-order chi connectivity index (χ0) is 29.7. The van der Waals surface area contributed by atoms with E-state index in [9.17, 15) is 19.2 Å². The van der Waals surface area contributed by atoms with Crippen molar-refractivity contribution in [3.05, 3.63) is 35.8 Å². The second-order valence-corrected chi connectivity index (χ2v) is 13.4. The molecule has 5 aliphatic rings. The summed E-state index contributed by atoms with van der Waals surface area (Å²) in [5.41, 5.74) is -1.73. The Morgan fingerprint density at radius 3 is 2.34 bits per heavy atom. The second kappa shape index (κ2) is 8.93. The van der Waals surface area contributed by atoms with Crippen LogP contribution in [0.3, 0.4) is 0 Å². The van der Waals surface area contributed by atoms with Crippen LogP contribution in [0.1, 0.15) is 72.5 Å². The molecule has 2 saturated carbocycles. The lowest BCUT2D eigenvalue weighted by Crippen LogP contribution is -2.72. The maximum atomic E-state index is 13.2. The molecule has 4 heterocycles. The zero-order valence-electron chi connectivity index (χ0n) is 24.6. The SMILES string of the molecule is COC(=O)CC1C(C)(C)C(OC(C)=O)[C@@H]2[C@@H](OC(C)=O)[C@]34O[C@@H]2[C@]1(C)C3CC[C@]1(C)C4=CC(=O)O[C@H]1c1ccoc1. The van der Waals surface area contributed by atoms with Gasteiger partial charge >= 0.3 is 23.9 Å². The van der Waals surface area contributed by atoms with Crippen LogP contribution in [0.15, 0.2) is 34.7 Å². The van der Waals surface area contributed by atoms with E-state index in [1.807, 2.05) is 20.8 Å². The third-order valence-electron chi connectivity index (χ3n) is 11.2. The average molecular weight is 571 g/mol. The number of esters is 4. The van der Waals surface area contributed by atoms with E-state index >= 15 is 0 Å². The fraction of sp³-hybridized carbons (Fsp3) is 0.677. The van der Waals surface area contributed by atoms with E-state index in [2.05, 4.69) is 6.92 Å². The van der Waals surface area contributed by atoms with Gasteiger partial charge in [0.05, 0.1) is 31.7 Å². The van der Waals surface area contributed by atoms with E-state index in [1.165, 1.54) is 27.0 Å². The van der Waals surface area contributed by atoms with Crippen LogP contribution in [0.5, 0.6) is 0 Å². The van der Waals surface area contributed by atoms with Crippen molar-refractivity contribution < 1.29 is 47.3 Å². The van der Waals surface area contributed by atoms with Gasteiger partial charge in [0.2, 0.25) is 0 Å². The van der Waals surface area contributed by atoms with Crippen LogP contribution in [0.25, 0.3) is 0 Å². The fourth-order valence-electron chi connectivity index (χ4n) is 9.79. The van der Waals surface area contributed by atoms with Gasteiger partial charge in [-0.15, -0.1) is 0 Å². The lowest BCUT2D eigenvalue weighted by molar-refractivity contribution is -0.228. The Morgan fingerprint density at radius 2 is 1.73 bits per heavy atom. The van der Waals surface area contributed by atoms with Gasteiger partial charge in [0.1, 0.15) is 23.9 Å². The highest BCUT2D eigenvalue weighted by atomic mass is 16.6. The van der Waals surface area contributed by atoms with E-state index in [4.69, 9.17) is 28.1 Å². The molecule has 1 spiro atoms. The van der Waals surface area contributed by atoms with Crippen molar-refractivity contribution in [1.82, 2.24) is 0 Å². The normalized spacial score (nSPS) is 43.2. The van der Waals surface area contributed by atoms with Gasteiger partial charge in [-0.05, 0) is 30.4 Å². The Bertz CT molecular complexity index is 1330. The molecule has 2 saturated heterocycles. The number of hydrogen-bond donors (Lipinski definition) is 0. The molecule has 6 rings (SSSR count). The molecule has 4 fully saturated rings. The van der Waals surface area contributed by atoms with Crippen molar-refractivity contribution in [3.63, 3.8) is 0 Å². The molecule has 1 aromatic rings. The first-order valence-electron chi connectivity index (χ1n) is 14.3. The quantitative estimate of drug-likeness (QED) is 0.377.